The maximum absolute atomic E-state index is 13.8. The number of alkyl halides is 3. The van der Waals surface area contributed by atoms with E-state index in [0.717, 1.165) is 49.1 Å². The van der Waals surface area contributed by atoms with Gasteiger partial charge in [0.1, 0.15) is 5.54 Å². The zero-order valence-corrected chi connectivity index (χ0v) is 35.2. The number of hydrogen-bond donors (Lipinski definition) is 2. The zero-order chi connectivity index (χ0) is 43.3. The number of benzene rings is 2. The number of halogens is 3. The lowest BCUT2D eigenvalue weighted by Gasteiger charge is -2.42. The van der Waals surface area contributed by atoms with Crippen molar-refractivity contribution in [1.29, 1.82) is 5.26 Å². The molecule has 1 aromatic heterocycles. The molecule has 4 fully saturated rings. The number of likely N-dealkylation sites (tertiary alicyclic amines) is 1. The summed E-state index contributed by atoms with van der Waals surface area (Å²) in [5.74, 6) is -0.0434. The van der Waals surface area contributed by atoms with Crippen LogP contribution in [0.3, 0.4) is 0 Å². The Bertz CT molecular complexity index is 2240. The average Bonchev–Trinajstić information content (AvgIpc) is 3.61. The van der Waals surface area contributed by atoms with E-state index in [9.17, 15) is 37.6 Å². The number of thiocarbonyl (C=S) groups is 1. The van der Waals surface area contributed by atoms with E-state index < -0.39 is 34.8 Å². The molecule has 2 aromatic carbocycles. The number of imide groups is 1. The number of aryl methyl sites for hydroxylation is 1. The summed E-state index contributed by atoms with van der Waals surface area (Å²) in [5.41, 5.74) is -1.45. The van der Waals surface area contributed by atoms with Gasteiger partial charge in [-0.15, -0.1) is 0 Å². The Morgan fingerprint density at radius 2 is 1.78 bits per heavy atom. The highest BCUT2D eigenvalue weighted by molar-refractivity contribution is 7.80. The number of rotatable bonds is 10. The number of nitrogens with one attached hydrogen (secondary N) is 2. The SMILES string of the molecule is C[C@@H]1C[C@H](CCOC2CCC(N3C(=S)N(c4ccc(C#N)c(C(F)(F)F)c4)C(=O)C3(C)C)CC2)C[C@H](C)N1CC(=O)Nc1cccc2c(N3CCC(=O)NC3=O)nn(C)c12. The van der Waals surface area contributed by atoms with Crippen molar-refractivity contribution in [3.63, 3.8) is 0 Å². The molecular formula is C42H50F3N9O5S. The smallest absolute Gasteiger partial charge is 0.378 e. The monoisotopic (exact) mass is 849 g/mol. The number of fused-ring (bicyclic) bond motifs is 1. The molecule has 1 aliphatic carbocycles. The maximum atomic E-state index is 13.8. The lowest BCUT2D eigenvalue weighted by atomic mass is 9.85. The van der Waals surface area contributed by atoms with Crippen LogP contribution in [0.5, 0.6) is 0 Å². The molecule has 14 nitrogen and oxygen atoms in total. The van der Waals surface area contributed by atoms with Crippen LogP contribution in [0.25, 0.3) is 10.9 Å². The Hall–Kier alpha value is -5.12. The average molecular weight is 850 g/mol. The highest BCUT2D eigenvalue weighted by atomic mass is 32.1. The number of nitriles is 1. The quantitative estimate of drug-likeness (QED) is 0.217. The van der Waals surface area contributed by atoms with E-state index >= 15 is 0 Å². The van der Waals surface area contributed by atoms with Crippen LogP contribution in [0.15, 0.2) is 36.4 Å². The van der Waals surface area contributed by atoms with Gasteiger partial charge >= 0.3 is 12.2 Å². The van der Waals surface area contributed by atoms with Gasteiger partial charge in [0.05, 0.1) is 46.7 Å². The second-order valence-electron chi connectivity index (χ2n) is 16.9. The van der Waals surface area contributed by atoms with Crippen molar-refractivity contribution in [2.45, 2.75) is 115 Å². The highest BCUT2D eigenvalue weighted by Gasteiger charge is 2.52. The molecule has 4 heterocycles. The van der Waals surface area contributed by atoms with Crippen molar-refractivity contribution in [3.05, 3.63) is 47.5 Å². The third-order valence-electron chi connectivity index (χ3n) is 12.5. The molecule has 3 atom stereocenters. The topological polar surface area (TPSA) is 156 Å². The summed E-state index contributed by atoms with van der Waals surface area (Å²) in [6.45, 7) is 8.81. The van der Waals surface area contributed by atoms with Crippen LogP contribution in [0, 0.1) is 17.2 Å². The first-order chi connectivity index (χ1) is 28.4. The van der Waals surface area contributed by atoms with Crippen molar-refractivity contribution in [1.82, 2.24) is 24.9 Å². The van der Waals surface area contributed by atoms with E-state index in [1.165, 1.54) is 11.0 Å². The summed E-state index contributed by atoms with van der Waals surface area (Å²) in [4.78, 5) is 58.1. The number of carbonyl (C=O) groups excluding carboxylic acids is 4. The number of hydrogen-bond acceptors (Lipinski definition) is 9. The van der Waals surface area contributed by atoms with Gasteiger partial charge < -0.3 is 15.0 Å². The molecule has 3 aliphatic heterocycles. The molecule has 320 valence electrons. The van der Waals surface area contributed by atoms with Gasteiger partial charge in [-0.2, -0.15) is 23.5 Å². The van der Waals surface area contributed by atoms with Crippen LogP contribution in [0.1, 0.15) is 90.2 Å². The first kappa shape index (κ1) is 43.0. The minimum absolute atomic E-state index is 0.0117. The molecule has 0 unspecified atom stereocenters. The lowest BCUT2D eigenvalue weighted by molar-refractivity contribution is -0.137. The Kier molecular flexibility index (Phi) is 12.0. The molecule has 18 heteroatoms. The number of carbonyl (C=O) groups is 4. The second kappa shape index (κ2) is 16.7. The highest BCUT2D eigenvalue weighted by Crippen LogP contribution is 2.41. The summed E-state index contributed by atoms with van der Waals surface area (Å²) < 4.78 is 49.3. The van der Waals surface area contributed by atoms with Gasteiger partial charge in [0.2, 0.25) is 11.8 Å². The maximum Gasteiger partial charge on any atom is 0.417 e. The van der Waals surface area contributed by atoms with Crippen LogP contribution < -0.4 is 20.4 Å². The Morgan fingerprint density at radius 3 is 2.43 bits per heavy atom. The molecule has 0 radical (unpaired) electrons. The summed E-state index contributed by atoms with van der Waals surface area (Å²) >= 11 is 5.75. The zero-order valence-electron chi connectivity index (χ0n) is 34.3. The third-order valence-corrected chi connectivity index (χ3v) is 12.9. The molecule has 5 amide bonds. The fourth-order valence-corrected chi connectivity index (χ4v) is 10.1. The first-order valence-corrected chi connectivity index (χ1v) is 20.8. The molecular weight excluding hydrogens is 800 g/mol. The number of piperidine rings is 1. The summed E-state index contributed by atoms with van der Waals surface area (Å²) in [7, 11) is 1.75. The predicted molar refractivity (Wildman–Crippen MR) is 222 cm³/mol. The predicted octanol–water partition coefficient (Wildman–Crippen LogP) is 6.47. The van der Waals surface area contributed by atoms with E-state index in [0.29, 0.717) is 47.8 Å². The molecule has 4 aliphatic rings. The van der Waals surface area contributed by atoms with Crippen molar-refractivity contribution >= 4 is 69.2 Å². The van der Waals surface area contributed by atoms with Crippen LogP contribution in [-0.4, -0.2) is 97.9 Å². The number of ether oxygens (including phenoxy) is 1. The van der Waals surface area contributed by atoms with Gasteiger partial charge in [-0.25, -0.2) is 4.79 Å². The third kappa shape index (κ3) is 8.31. The Morgan fingerprint density at radius 1 is 1.08 bits per heavy atom. The van der Waals surface area contributed by atoms with E-state index in [4.69, 9.17) is 17.0 Å². The normalized spacial score (nSPS) is 25.2. The summed E-state index contributed by atoms with van der Waals surface area (Å²) in [6, 6.07) is 9.98. The molecule has 7 rings (SSSR count). The lowest BCUT2D eigenvalue weighted by Crippen LogP contribution is -2.51. The van der Waals surface area contributed by atoms with Gasteiger partial charge in [0.25, 0.3) is 5.91 Å². The van der Waals surface area contributed by atoms with Gasteiger partial charge in [-0.3, -0.25) is 39.1 Å². The minimum Gasteiger partial charge on any atom is -0.378 e. The van der Waals surface area contributed by atoms with Crippen molar-refractivity contribution < 1.29 is 37.1 Å². The molecule has 3 saturated heterocycles. The number of urea groups is 1. The van der Waals surface area contributed by atoms with E-state index in [-0.39, 0.29) is 66.4 Å². The molecule has 3 aromatic rings. The standard InChI is InChI=1S/C42H50F3N9O5S/c1-24-19-26(20-25(2)52(24)23-35(56)47-33-8-6-7-31-36(33)50(5)49-37(31)51-17-15-34(55)48-39(51)58)16-18-59-30-13-11-28(12-14-30)54-40(60)53(38(57)41(54,3)4)29-10-9-27(22-46)32(21-29)42(43,44)45/h6-10,21,24-26,28,30H,11-20,23H2,1-5H3,(H,47,56)(H,48,55,58)/t24-,25+,26+,28?,30?. The van der Waals surface area contributed by atoms with Crippen molar-refractivity contribution in [2.75, 3.05) is 34.8 Å². The summed E-state index contributed by atoms with van der Waals surface area (Å²) in [6.07, 6.45) is 1.11. The number of anilines is 3. The Labute approximate surface area is 351 Å². The number of nitrogens with zero attached hydrogens (tertiary/aromatic N) is 7. The number of aromatic nitrogens is 2. The molecule has 0 bridgehead atoms. The minimum atomic E-state index is -4.77. The van der Waals surface area contributed by atoms with Crippen LogP contribution in [0.4, 0.5) is 35.2 Å². The molecule has 1 saturated carbocycles. The van der Waals surface area contributed by atoms with Crippen LogP contribution in [-0.2, 0) is 32.3 Å². The second-order valence-corrected chi connectivity index (χ2v) is 17.3. The molecule has 60 heavy (non-hydrogen) atoms. The van der Waals surface area contributed by atoms with Crippen molar-refractivity contribution in [2.24, 2.45) is 13.0 Å². The number of para-hydroxylation sites is 1. The van der Waals surface area contributed by atoms with E-state index in [2.05, 4.69) is 34.5 Å². The van der Waals surface area contributed by atoms with Crippen molar-refractivity contribution in [3.8, 4) is 6.07 Å². The van der Waals surface area contributed by atoms with Gasteiger partial charge in [0.15, 0.2) is 10.9 Å². The van der Waals surface area contributed by atoms with E-state index in [1.54, 1.807) is 37.7 Å². The molecule has 0 spiro atoms. The molecule has 2 N–H and O–H groups in total. The largest absolute Gasteiger partial charge is 0.417 e. The van der Waals surface area contributed by atoms with Gasteiger partial charge in [0, 0.05) is 50.1 Å². The van der Waals surface area contributed by atoms with Crippen LogP contribution in [0.2, 0.25) is 0 Å². The summed E-state index contributed by atoms with van der Waals surface area (Å²) in [5, 5.41) is 20.0. The van der Waals surface area contributed by atoms with Gasteiger partial charge in [-0.1, -0.05) is 6.07 Å². The first-order valence-electron chi connectivity index (χ1n) is 20.4. The number of amides is 5. The van der Waals surface area contributed by atoms with Gasteiger partial charge in [-0.05, 0) is 121 Å². The Balaban J connectivity index is 0.884. The fraction of sp³-hybridized carbons (Fsp3) is 0.548. The fourth-order valence-electron chi connectivity index (χ4n) is 9.58. The van der Waals surface area contributed by atoms with Crippen LogP contribution >= 0.6 is 12.2 Å². The van der Waals surface area contributed by atoms with E-state index in [1.807, 2.05) is 17.0 Å².